The number of hydrogen-bond donors (Lipinski definition) is 1. The van der Waals surface area contributed by atoms with Gasteiger partial charge in [0.05, 0.1) is 31.9 Å². The van der Waals surface area contributed by atoms with Crippen LogP contribution in [-0.4, -0.2) is 53.6 Å². The molecule has 5 nitrogen and oxygen atoms in total. The largest absolute Gasteiger partial charge is 0.444 e. The van der Waals surface area contributed by atoms with Crippen LogP contribution in [-0.2, 0) is 9.47 Å². The van der Waals surface area contributed by atoms with Gasteiger partial charge in [-0.05, 0) is 27.7 Å². The van der Waals surface area contributed by atoms with E-state index in [2.05, 4.69) is 0 Å². The first-order chi connectivity index (χ1) is 7.35. The highest BCUT2D eigenvalue weighted by atomic mass is 16.6. The third kappa shape index (κ3) is 3.35. The zero-order valence-corrected chi connectivity index (χ0v) is 10.4. The van der Waals surface area contributed by atoms with Crippen LogP contribution in [0.2, 0.25) is 0 Å². The molecule has 1 saturated heterocycles. The van der Waals surface area contributed by atoms with Crippen molar-refractivity contribution >= 4 is 6.09 Å². The van der Waals surface area contributed by atoms with Crippen LogP contribution in [0.4, 0.5) is 4.79 Å². The van der Waals surface area contributed by atoms with E-state index in [0.717, 1.165) is 0 Å². The molecular weight excluding hydrogens is 210 g/mol. The number of ether oxygens (including phenoxy) is 2. The maximum Gasteiger partial charge on any atom is 0.411 e. The molecule has 1 atom stereocenters. The molecule has 1 aliphatic rings. The Kier molecular flexibility index (Phi) is 4.15. The Hall–Kier alpha value is -0.810. The number of nitrogens with zero attached hydrogens (tertiary/aromatic N) is 1. The van der Waals surface area contributed by atoms with Crippen molar-refractivity contribution in [3.63, 3.8) is 0 Å². The number of rotatable bonds is 3. The van der Waals surface area contributed by atoms with Crippen molar-refractivity contribution in [2.45, 2.75) is 45.4 Å². The standard InChI is InChI=1S/C11H21NO4/c1-8(5-13)12(9-6-15-7-9)10(14)16-11(2,3)4/h8-9,13H,5-7H2,1-4H3. The molecule has 1 heterocycles. The lowest BCUT2D eigenvalue weighted by atomic mass is 10.1. The number of hydrogen-bond acceptors (Lipinski definition) is 4. The first-order valence-electron chi connectivity index (χ1n) is 5.55. The summed E-state index contributed by atoms with van der Waals surface area (Å²) in [7, 11) is 0. The van der Waals surface area contributed by atoms with Gasteiger partial charge in [-0.1, -0.05) is 0 Å². The van der Waals surface area contributed by atoms with Gasteiger partial charge in [0.15, 0.2) is 0 Å². The number of aliphatic hydroxyl groups is 1. The summed E-state index contributed by atoms with van der Waals surface area (Å²) in [5, 5.41) is 9.13. The molecule has 1 unspecified atom stereocenters. The Labute approximate surface area is 96.3 Å². The lowest BCUT2D eigenvalue weighted by Crippen LogP contribution is -2.57. The summed E-state index contributed by atoms with van der Waals surface area (Å²) in [4.78, 5) is 13.5. The van der Waals surface area contributed by atoms with Gasteiger partial charge in [-0.2, -0.15) is 0 Å². The molecule has 0 spiro atoms. The van der Waals surface area contributed by atoms with Gasteiger partial charge in [-0.25, -0.2) is 4.79 Å². The summed E-state index contributed by atoms with van der Waals surface area (Å²) in [6.07, 6.45) is -0.387. The summed E-state index contributed by atoms with van der Waals surface area (Å²) in [5.74, 6) is 0. The molecule has 5 heteroatoms. The number of aliphatic hydroxyl groups excluding tert-OH is 1. The van der Waals surface area contributed by atoms with Crippen LogP contribution >= 0.6 is 0 Å². The molecule has 1 fully saturated rings. The summed E-state index contributed by atoms with van der Waals surface area (Å²) in [5.41, 5.74) is -0.519. The van der Waals surface area contributed by atoms with E-state index in [-0.39, 0.29) is 24.8 Å². The maximum absolute atomic E-state index is 11.9. The van der Waals surface area contributed by atoms with Gasteiger partial charge in [0, 0.05) is 0 Å². The molecule has 0 aliphatic carbocycles. The molecule has 0 bridgehead atoms. The fraction of sp³-hybridized carbons (Fsp3) is 0.909. The second kappa shape index (κ2) is 5.01. The van der Waals surface area contributed by atoms with E-state index in [9.17, 15) is 4.79 Å². The lowest BCUT2D eigenvalue weighted by Gasteiger charge is -2.40. The van der Waals surface area contributed by atoms with Crippen molar-refractivity contribution in [2.24, 2.45) is 0 Å². The van der Waals surface area contributed by atoms with Crippen LogP contribution < -0.4 is 0 Å². The fourth-order valence-corrected chi connectivity index (χ4v) is 1.48. The molecule has 1 amide bonds. The zero-order chi connectivity index (χ0) is 12.3. The Morgan fingerprint density at radius 1 is 1.56 bits per heavy atom. The molecule has 1 rings (SSSR count). The minimum absolute atomic E-state index is 0.0250. The number of amides is 1. The summed E-state index contributed by atoms with van der Waals surface area (Å²) >= 11 is 0. The van der Waals surface area contributed by atoms with Crippen molar-refractivity contribution in [1.29, 1.82) is 0 Å². The third-order valence-electron chi connectivity index (χ3n) is 2.36. The lowest BCUT2D eigenvalue weighted by molar-refractivity contribution is -0.0856. The van der Waals surface area contributed by atoms with Crippen molar-refractivity contribution in [2.75, 3.05) is 19.8 Å². The predicted molar refractivity (Wildman–Crippen MR) is 59.2 cm³/mol. The van der Waals surface area contributed by atoms with Crippen LogP contribution in [0.3, 0.4) is 0 Å². The first-order valence-corrected chi connectivity index (χ1v) is 5.55. The second-order valence-electron chi connectivity index (χ2n) is 5.11. The topological polar surface area (TPSA) is 59.0 Å². The van der Waals surface area contributed by atoms with E-state index in [1.807, 2.05) is 20.8 Å². The van der Waals surface area contributed by atoms with E-state index in [4.69, 9.17) is 14.6 Å². The minimum atomic E-state index is -0.519. The molecular formula is C11H21NO4. The van der Waals surface area contributed by atoms with Gasteiger partial charge in [-0.3, -0.25) is 4.90 Å². The van der Waals surface area contributed by atoms with Crippen molar-refractivity contribution in [1.82, 2.24) is 4.90 Å². The van der Waals surface area contributed by atoms with E-state index >= 15 is 0 Å². The van der Waals surface area contributed by atoms with Gasteiger partial charge in [0.2, 0.25) is 0 Å². The highest BCUT2D eigenvalue weighted by molar-refractivity contribution is 5.69. The first kappa shape index (κ1) is 13.3. The molecule has 0 radical (unpaired) electrons. The van der Waals surface area contributed by atoms with Crippen molar-refractivity contribution < 1.29 is 19.4 Å². The molecule has 0 saturated carbocycles. The number of carbonyl (C=O) groups is 1. The van der Waals surface area contributed by atoms with E-state index in [1.54, 1.807) is 11.8 Å². The van der Waals surface area contributed by atoms with Gasteiger partial charge in [0.1, 0.15) is 5.60 Å². The monoisotopic (exact) mass is 231 g/mol. The van der Waals surface area contributed by atoms with Crippen LogP contribution in [0.25, 0.3) is 0 Å². The average Bonchev–Trinajstić information content (AvgIpc) is 2.06. The maximum atomic E-state index is 11.9. The second-order valence-corrected chi connectivity index (χ2v) is 5.11. The van der Waals surface area contributed by atoms with Crippen LogP contribution in [0, 0.1) is 0 Å². The highest BCUT2D eigenvalue weighted by Crippen LogP contribution is 2.18. The average molecular weight is 231 g/mol. The Morgan fingerprint density at radius 2 is 2.12 bits per heavy atom. The Balaban J connectivity index is 2.64. The summed E-state index contributed by atoms with van der Waals surface area (Å²) < 4.78 is 10.4. The van der Waals surface area contributed by atoms with E-state index in [0.29, 0.717) is 13.2 Å². The predicted octanol–water partition coefficient (Wildman–Crippen LogP) is 1.00. The zero-order valence-electron chi connectivity index (χ0n) is 10.4. The molecule has 16 heavy (non-hydrogen) atoms. The number of carbonyl (C=O) groups excluding carboxylic acids is 1. The quantitative estimate of drug-likeness (QED) is 0.787. The highest BCUT2D eigenvalue weighted by Gasteiger charge is 2.35. The van der Waals surface area contributed by atoms with Gasteiger partial charge >= 0.3 is 6.09 Å². The van der Waals surface area contributed by atoms with Gasteiger partial charge in [0.25, 0.3) is 0 Å². The van der Waals surface area contributed by atoms with Gasteiger partial charge < -0.3 is 14.6 Å². The van der Waals surface area contributed by atoms with E-state index < -0.39 is 5.60 Å². The molecule has 0 aromatic rings. The summed E-state index contributed by atoms with van der Waals surface area (Å²) in [6, 6.07) is -0.222. The fourth-order valence-electron chi connectivity index (χ4n) is 1.48. The molecule has 94 valence electrons. The normalized spacial score (nSPS) is 18.8. The molecule has 1 N–H and O–H groups in total. The van der Waals surface area contributed by atoms with Crippen LogP contribution in [0.15, 0.2) is 0 Å². The van der Waals surface area contributed by atoms with Crippen LogP contribution in [0.5, 0.6) is 0 Å². The van der Waals surface area contributed by atoms with Crippen molar-refractivity contribution in [3.8, 4) is 0 Å². The van der Waals surface area contributed by atoms with Crippen molar-refractivity contribution in [3.05, 3.63) is 0 Å². The molecule has 0 aromatic carbocycles. The molecule has 1 aliphatic heterocycles. The Bertz CT molecular complexity index is 240. The Morgan fingerprint density at radius 3 is 2.44 bits per heavy atom. The van der Waals surface area contributed by atoms with E-state index in [1.165, 1.54) is 0 Å². The van der Waals surface area contributed by atoms with Gasteiger partial charge in [-0.15, -0.1) is 0 Å². The minimum Gasteiger partial charge on any atom is -0.444 e. The summed E-state index contributed by atoms with van der Waals surface area (Å²) in [6.45, 7) is 8.23. The smallest absolute Gasteiger partial charge is 0.411 e. The third-order valence-corrected chi connectivity index (χ3v) is 2.36. The SMILES string of the molecule is CC(CO)N(C(=O)OC(C)(C)C)C1COC1. The molecule has 0 aromatic heterocycles. The van der Waals surface area contributed by atoms with Crippen LogP contribution in [0.1, 0.15) is 27.7 Å².